The van der Waals surface area contributed by atoms with E-state index in [2.05, 4.69) is 25.1 Å². The normalized spacial score (nSPS) is 10.2. The number of hydrogen-bond donors (Lipinski definition) is 0. The van der Waals surface area contributed by atoms with Gasteiger partial charge in [0.25, 0.3) is 0 Å². The number of hydrogen-bond acceptors (Lipinski definition) is 1. The van der Waals surface area contributed by atoms with Gasteiger partial charge in [0, 0.05) is 6.42 Å². The van der Waals surface area contributed by atoms with Crippen LogP contribution < -0.4 is 0 Å². The van der Waals surface area contributed by atoms with E-state index < -0.39 is 0 Å². The van der Waals surface area contributed by atoms with Gasteiger partial charge in [-0.3, -0.25) is 4.79 Å². The Hall–Kier alpha value is -1.11. The van der Waals surface area contributed by atoms with E-state index in [0.717, 1.165) is 12.8 Å². The van der Waals surface area contributed by atoms with E-state index in [-0.39, 0.29) is 0 Å². The highest BCUT2D eigenvalue weighted by atomic mass is 16.1. The molecule has 0 aliphatic rings. The SMILES string of the molecule is CCCCCc1ccccc1CC[C]=O. The average molecular weight is 203 g/mol. The van der Waals surface area contributed by atoms with Crippen LogP contribution in [0.4, 0.5) is 0 Å². The maximum Gasteiger partial charge on any atom is 0.198 e. The molecule has 0 amide bonds. The number of benzene rings is 1. The van der Waals surface area contributed by atoms with Crippen molar-refractivity contribution in [3.8, 4) is 0 Å². The van der Waals surface area contributed by atoms with Gasteiger partial charge in [-0.2, -0.15) is 0 Å². The highest BCUT2D eigenvalue weighted by Gasteiger charge is 2.00. The van der Waals surface area contributed by atoms with E-state index in [1.165, 1.54) is 30.4 Å². The van der Waals surface area contributed by atoms with Gasteiger partial charge < -0.3 is 0 Å². The summed E-state index contributed by atoms with van der Waals surface area (Å²) in [7, 11) is 0. The molecule has 0 heterocycles. The van der Waals surface area contributed by atoms with Crippen LogP contribution in [-0.4, -0.2) is 6.29 Å². The first-order valence-electron chi connectivity index (χ1n) is 5.80. The van der Waals surface area contributed by atoms with Crippen molar-refractivity contribution in [2.75, 3.05) is 0 Å². The van der Waals surface area contributed by atoms with E-state index in [0.29, 0.717) is 6.42 Å². The van der Waals surface area contributed by atoms with Crippen LogP contribution in [0.3, 0.4) is 0 Å². The zero-order valence-corrected chi connectivity index (χ0v) is 9.46. The molecule has 0 bridgehead atoms. The quantitative estimate of drug-likeness (QED) is 0.620. The molecule has 1 rings (SSSR count). The van der Waals surface area contributed by atoms with E-state index in [4.69, 9.17) is 0 Å². The van der Waals surface area contributed by atoms with Gasteiger partial charge in [0.1, 0.15) is 0 Å². The predicted molar refractivity (Wildman–Crippen MR) is 63.7 cm³/mol. The van der Waals surface area contributed by atoms with Gasteiger partial charge in [0.05, 0.1) is 0 Å². The van der Waals surface area contributed by atoms with Crippen LogP contribution in [-0.2, 0) is 17.6 Å². The van der Waals surface area contributed by atoms with Crippen LogP contribution in [0.5, 0.6) is 0 Å². The Morgan fingerprint density at radius 2 is 1.73 bits per heavy atom. The van der Waals surface area contributed by atoms with Gasteiger partial charge in [0.15, 0.2) is 6.29 Å². The molecule has 1 nitrogen and oxygen atoms in total. The van der Waals surface area contributed by atoms with Crippen LogP contribution in [0.2, 0.25) is 0 Å². The third-order valence-electron chi connectivity index (χ3n) is 2.66. The molecule has 0 saturated carbocycles. The average Bonchev–Trinajstić information content (AvgIpc) is 2.28. The number of aryl methyl sites for hydroxylation is 2. The highest BCUT2D eigenvalue weighted by Crippen LogP contribution is 2.14. The van der Waals surface area contributed by atoms with Gasteiger partial charge in [-0.15, -0.1) is 0 Å². The van der Waals surface area contributed by atoms with Gasteiger partial charge in [-0.25, -0.2) is 0 Å². The number of unbranched alkanes of at least 4 members (excludes halogenated alkanes) is 2. The lowest BCUT2D eigenvalue weighted by molar-refractivity contribution is 0.551. The van der Waals surface area contributed by atoms with Crippen molar-refractivity contribution < 1.29 is 4.79 Å². The molecule has 0 saturated heterocycles. The van der Waals surface area contributed by atoms with Crippen LogP contribution in [0.15, 0.2) is 24.3 Å². The Morgan fingerprint density at radius 1 is 1.07 bits per heavy atom. The van der Waals surface area contributed by atoms with E-state index in [1.54, 1.807) is 0 Å². The highest BCUT2D eigenvalue weighted by molar-refractivity contribution is 5.51. The van der Waals surface area contributed by atoms with Gasteiger partial charge >= 0.3 is 0 Å². The minimum absolute atomic E-state index is 0.519. The summed E-state index contributed by atoms with van der Waals surface area (Å²) in [5, 5.41) is 0. The lowest BCUT2D eigenvalue weighted by Crippen LogP contribution is -1.95. The van der Waals surface area contributed by atoms with Crippen molar-refractivity contribution in [2.24, 2.45) is 0 Å². The molecule has 1 aromatic carbocycles. The zero-order chi connectivity index (χ0) is 10.9. The Bertz CT molecular complexity index is 291. The second kappa shape index (κ2) is 7.22. The number of carbonyl (C=O) groups excluding carboxylic acids is 1. The maximum atomic E-state index is 10.2. The Morgan fingerprint density at radius 3 is 2.33 bits per heavy atom. The molecule has 0 unspecified atom stereocenters. The van der Waals surface area contributed by atoms with Crippen molar-refractivity contribution in [2.45, 2.75) is 45.4 Å². The van der Waals surface area contributed by atoms with Crippen molar-refractivity contribution in [3.63, 3.8) is 0 Å². The minimum atomic E-state index is 0.519. The molecule has 1 radical (unpaired) electrons. The van der Waals surface area contributed by atoms with Crippen molar-refractivity contribution >= 4 is 6.29 Å². The smallest absolute Gasteiger partial charge is 0.198 e. The van der Waals surface area contributed by atoms with Crippen molar-refractivity contribution in [3.05, 3.63) is 35.4 Å². The molecule has 0 aliphatic carbocycles. The van der Waals surface area contributed by atoms with Gasteiger partial charge in [-0.05, 0) is 30.4 Å². The van der Waals surface area contributed by atoms with E-state index in [1.807, 2.05) is 12.4 Å². The summed E-state index contributed by atoms with van der Waals surface area (Å²) in [6, 6.07) is 8.42. The van der Waals surface area contributed by atoms with Gasteiger partial charge in [0.2, 0.25) is 0 Å². The molecule has 0 spiro atoms. The predicted octanol–water partition coefficient (Wildman–Crippen LogP) is 3.46. The largest absolute Gasteiger partial charge is 0.291 e. The van der Waals surface area contributed by atoms with Crippen LogP contribution >= 0.6 is 0 Å². The summed E-state index contributed by atoms with van der Waals surface area (Å²) < 4.78 is 0. The molecular weight excluding hydrogens is 184 g/mol. The molecule has 1 aromatic rings. The maximum absolute atomic E-state index is 10.2. The van der Waals surface area contributed by atoms with Gasteiger partial charge in [-0.1, -0.05) is 44.0 Å². The minimum Gasteiger partial charge on any atom is -0.291 e. The first-order chi connectivity index (χ1) is 7.38. The van der Waals surface area contributed by atoms with Crippen molar-refractivity contribution in [1.82, 2.24) is 0 Å². The summed E-state index contributed by atoms with van der Waals surface area (Å²) in [6.45, 7) is 2.22. The zero-order valence-electron chi connectivity index (χ0n) is 9.46. The summed E-state index contributed by atoms with van der Waals surface area (Å²) in [6.07, 6.45) is 8.25. The second-order valence-electron chi connectivity index (χ2n) is 3.87. The monoisotopic (exact) mass is 203 g/mol. The molecule has 0 fully saturated rings. The molecule has 0 atom stereocenters. The molecule has 1 heteroatoms. The Kier molecular flexibility index (Phi) is 5.76. The van der Waals surface area contributed by atoms with Crippen LogP contribution in [0.25, 0.3) is 0 Å². The molecular formula is C14H19O. The lowest BCUT2D eigenvalue weighted by atomic mass is 9.98. The lowest BCUT2D eigenvalue weighted by Gasteiger charge is -2.07. The third-order valence-corrected chi connectivity index (χ3v) is 2.66. The number of rotatable bonds is 7. The summed E-state index contributed by atoms with van der Waals surface area (Å²) in [4.78, 5) is 10.2. The summed E-state index contributed by atoms with van der Waals surface area (Å²) in [5.74, 6) is 0. The third kappa shape index (κ3) is 4.28. The van der Waals surface area contributed by atoms with E-state index in [9.17, 15) is 4.79 Å². The fourth-order valence-electron chi connectivity index (χ4n) is 1.80. The fraction of sp³-hybridized carbons (Fsp3) is 0.500. The Labute approximate surface area is 92.5 Å². The second-order valence-corrected chi connectivity index (χ2v) is 3.87. The standard InChI is InChI=1S/C14H19O/c1-2-3-4-8-13-9-5-6-10-14(13)11-7-12-15/h5-6,9-10H,2-4,7-8,11H2,1H3. The van der Waals surface area contributed by atoms with Crippen LogP contribution in [0.1, 0.15) is 43.7 Å². The fourth-order valence-corrected chi connectivity index (χ4v) is 1.80. The molecule has 0 aliphatic heterocycles. The molecule has 0 N–H and O–H groups in total. The van der Waals surface area contributed by atoms with E-state index >= 15 is 0 Å². The van der Waals surface area contributed by atoms with Crippen molar-refractivity contribution in [1.29, 1.82) is 0 Å². The molecule has 0 aromatic heterocycles. The van der Waals surface area contributed by atoms with Crippen LogP contribution in [0, 0.1) is 0 Å². The summed E-state index contributed by atoms with van der Waals surface area (Å²) >= 11 is 0. The molecule has 81 valence electrons. The first-order valence-corrected chi connectivity index (χ1v) is 5.80. The summed E-state index contributed by atoms with van der Waals surface area (Å²) in [5.41, 5.74) is 2.72. The topological polar surface area (TPSA) is 17.1 Å². The Balaban J connectivity index is 2.55. The first kappa shape index (κ1) is 12.0. The molecule has 15 heavy (non-hydrogen) atoms.